The number of allylic oxidation sites excluding steroid dienone is 12. The molecule has 0 bridgehead atoms. The number of rotatable bonds is 59. The van der Waals surface area contributed by atoms with Gasteiger partial charge in [-0.2, -0.15) is 0 Å². The number of carbonyl (C=O) groups is 3. The zero-order valence-corrected chi connectivity index (χ0v) is 51.0. The van der Waals surface area contributed by atoms with E-state index in [1.807, 2.05) is 0 Å². The minimum absolute atomic E-state index is 0.129. The van der Waals surface area contributed by atoms with Crippen LogP contribution in [0.1, 0.15) is 290 Å². The second-order valence-corrected chi connectivity index (χ2v) is 22.7. The topological polar surface area (TPSA) is 155 Å². The van der Waals surface area contributed by atoms with E-state index in [4.69, 9.17) is 23.3 Å². The van der Waals surface area contributed by atoms with E-state index in [2.05, 4.69) is 93.7 Å². The zero-order chi connectivity index (χ0) is 56.9. The lowest BCUT2D eigenvalue weighted by molar-refractivity contribution is -0.161. The predicted molar refractivity (Wildman–Crippen MR) is 325 cm³/mol. The van der Waals surface area contributed by atoms with Gasteiger partial charge in [0.25, 0.3) is 0 Å². The van der Waals surface area contributed by atoms with Gasteiger partial charge in [-0.05, 0) is 89.9 Å². The molecule has 78 heavy (non-hydrogen) atoms. The highest BCUT2D eigenvalue weighted by molar-refractivity contribution is 7.47. The molecule has 0 spiro atoms. The summed E-state index contributed by atoms with van der Waals surface area (Å²) in [5.41, 5.74) is 0. The molecule has 0 amide bonds. The zero-order valence-electron chi connectivity index (χ0n) is 50.1. The van der Waals surface area contributed by atoms with Gasteiger partial charge < -0.3 is 24.2 Å². The van der Waals surface area contributed by atoms with Crippen LogP contribution in [0.3, 0.4) is 0 Å². The quantitative estimate of drug-likeness (QED) is 0.0197. The lowest BCUT2D eigenvalue weighted by Crippen LogP contribution is -2.30. The number of esters is 3. The molecule has 0 aliphatic rings. The maximum atomic E-state index is 12.9. The molecule has 0 aromatic rings. The van der Waals surface area contributed by atoms with Crippen LogP contribution in [-0.4, -0.2) is 66.5 Å². The number of ether oxygens (including phenoxy) is 3. The third kappa shape index (κ3) is 57.6. The number of hydrogen-bond acceptors (Lipinski definition) is 10. The summed E-state index contributed by atoms with van der Waals surface area (Å²) in [5.74, 6) is -1.49. The molecule has 0 aliphatic carbocycles. The fourth-order valence-electron chi connectivity index (χ4n) is 8.79. The van der Waals surface area contributed by atoms with Crippen LogP contribution in [0.25, 0.3) is 0 Å². The molecule has 0 radical (unpaired) electrons. The first kappa shape index (κ1) is 74.9. The summed E-state index contributed by atoms with van der Waals surface area (Å²) in [7, 11) is -4.76. The van der Waals surface area contributed by atoms with Gasteiger partial charge in [-0.3, -0.25) is 23.4 Å². The van der Waals surface area contributed by atoms with Crippen molar-refractivity contribution in [1.82, 2.24) is 0 Å². The van der Waals surface area contributed by atoms with Crippen LogP contribution < -0.4 is 0 Å². The van der Waals surface area contributed by atoms with Gasteiger partial charge in [0.2, 0.25) is 0 Å². The molecule has 0 aromatic heterocycles. The molecule has 0 fully saturated rings. The first-order valence-electron chi connectivity index (χ1n) is 31.8. The Morgan fingerprint density at radius 2 is 0.667 bits per heavy atom. The monoisotopic (exact) mass is 1120 g/mol. The van der Waals surface area contributed by atoms with Crippen molar-refractivity contribution >= 4 is 25.7 Å². The van der Waals surface area contributed by atoms with Crippen molar-refractivity contribution in [2.45, 2.75) is 303 Å². The van der Waals surface area contributed by atoms with Gasteiger partial charge in [0, 0.05) is 19.3 Å². The number of aliphatic hydroxyl groups is 1. The summed E-state index contributed by atoms with van der Waals surface area (Å²) < 4.78 is 39.6. The first-order valence-corrected chi connectivity index (χ1v) is 33.3. The van der Waals surface area contributed by atoms with Crippen molar-refractivity contribution in [1.29, 1.82) is 0 Å². The van der Waals surface area contributed by atoms with E-state index in [0.717, 1.165) is 89.9 Å². The maximum absolute atomic E-state index is 12.9. The largest absolute Gasteiger partial charge is 0.472 e. The summed E-state index contributed by atoms with van der Waals surface area (Å²) in [6.45, 7) is 4.53. The van der Waals surface area contributed by atoms with Crippen molar-refractivity contribution in [3.05, 3.63) is 72.9 Å². The molecular weight excluding hydrogens is 1000 g/mol. The molecule has 3 unspecified atom stereocenters. The second-order valence-electron chi connectivity index (χ2n) is 21.2. The standard InChI is InChI=1S/C66H117O11P/c1-4-7-10-13-16-19-22-25-27-29-31-33-35-38-41-44-47-50-53-56-65(69)76-62(58-67)60-74-78(71,72)75-61-63(59-73-64(68)55-52-49-46-43-40-37-24-21-18-15-12-9-6-3)77-66(70)57-54-51-48-45-42-39-36-34-32-30-28-26-23-20-17-14-11-8-5-2/h8,11,17,20,25-28,32,34,39,42,62-63,67H,4-7,9-10,12-16,18-19,21-24,29-31,33,35-38,40-41,43-61H2,1-3H3,(H,71,72)/b11-8-,20-17-,27-25-,28-26-,34-32-,42-39-. The van der Waals surface area contributed by atoms with Crippen LogP contribution in [0.5, 0.6) is 0 Å². The van der Waals surface area contributed by atoms with E-state index in [9.17, 15) is 28.9 Å². The normalized spacial score (nSPS) is 13.8. The number of hydrogen-bond donors (Lipinski definition) is 2. The molecule has 11 nitrogen and oxygen atoms in total. The lowest BCUT2D eigenvalue weighted by atomic mass is 10.0. The summed E-state index contributed by atoms with van der Waals surface area (Å²) in [6.07, 6.45) is 68.5. The maximum Gasteiger partial charge on any atom is 0.472 e. The highest BCUT2D eigenvalue weighted by Crippen LogP contribution is 2.43. The molecule has 0 saturated carbocycles. The fourth-order valence-corrected chi connectivity index (χ4v) is 9.57. The number of phosphoric ester groups is 1. The molecule has 0 aromatic carbocycles. The number of phosphoric acid groups is 1. The molecule has 452 valence electrons. The van der Waals surface area contributed by atoms with E-state index in [1.165, 1.54) is 141 Å². The summed E-state index contributed by atoms with van der Waals surface area (Å²) in [4.78, 5) is 48.7. The second kappa shape index (κ2) is 60.0. The van der Waals surface area contributed by atoms with Crippen LogP contribution in [0.4, 0.5) is 0 Å². The van der Waals surface area contributed by atoms with E-state index in [1.54, 1.807) is 0 Å². The fraction of sp³-hybridized carbons (Fsp3) is 0.773. The summed E-state index contributed by atoms with van der Waals surface area (Å²) >= 11 is 0. The molecule has 0 aliphatic heterocycles. The number of carbonyl (C=O) groups excluding carboxylic acids is 3. The third-order valence-electron chi connectivity index (χ3n) is 13.6. The highest BCUT2D eigenvalue weighted by Gasteiger charge is 2.28. The Morgan fingerprint density at radius 1 is 0.372 bits per heavy atom. The number of aliphatic hydroxyl groups excluding tert-OH is 1. The third-order valence-corrected chi connectivity index (χ3v) is 14.6. The Morgan fingerprint density at radius 3 is 1.05 bits per heavy atom. The van der Waals surface area contributed by atoms with Crippen molar-refractivity contribution in [3.63, 3.8) is 0 Å². The van der Waals surface area contributed by atoms with Crippen molar-refractivity contribution in [3.8, 4) is 0 Å². The summed E-state index contributed by atoms with van der Waals surface area (Å²) in [5, 5.41) is 9.85. The van der Waals surface area contributed by atoms with Crippen LogP contribution >= 0.6 is 7.82 Å². The SMILES string of the molecule is CC/C=C\C/C=C\C/C=C\C/C=C\C/C=C\CCCCCC(=O)OC(COC(=O)CCCCCCCCCCCCCCC)COP(=O)(O)OCC(CO)OC(=O)CCCCCCCCCCC/C=C\CCCCCCCC. The van der Waals surface area contributed by atoms with Crippen LogP contribution in [0.2, 0.25) is 0 Å². The first-order chi connectivity index (χ1) is 38.2. The van der Waals surface area contributed by atoms with Crippen LogP contribution in [0, 0.1) is 0 Å². The van der Waals surface area contributed by atoms with Gasteiger partial charge in [0.05, 0.1) is 19.8 Å². The van der Waals surface area contributed by atoms with Gasteiger partial charge >= 0.3 is 25.7 Å². The predicted octanol–water partition coefficient (Wildman–Crippen LogP) is 19.3. The Balaban J connectivity index is 4.69. The van der Waals surface area contributed by atoms with Crippen LogP contribution in [-0.2, 0) is 42.2 Å². The molecule has 2 N–H and O–H groups in total. The van der Waals surface area contributed by atoms with Crippen molar-refractivity contribution in [2.24, 2.45) is 0 Å². The van der Waals surface area contributed by atoms with E-state index < -0.39 is 57.8 Å². The Hall–Kier alpha value is -3.08. The van der Waals surface area contributed by atoms with E-state index in [0.29, 0.717) is 19.3 Å². The van der Waals surface area contributed by atoms with Gasteiger partial charge in [0.15, 0.2) is 6.10 Å². The minimum Gasteiger partial charge on any atom is -0.462 e. The molecule has 0 saturated heterocycles. The van der Waals surface area contributed by atoms with Gasteiger partial charge in [-0.25, -0.2) is 4.57 Å². The molecule has 3 atom stereocenters. The Bertz CT molecular complexity index is 1590. The van der Waals surface area contributed by atoms with Crippen molar-refractivity contribution < 1.29 is 52.2 Å². The molecular formula is C66H117O11P. The van der Waals surface area contributed by atoms with Gasteiger partial charge in [-0.15, -0.1) is 0 Å². The van der Waals surface area contributed by atoms with Gasteiger partial charge in [-0.1, -0.05) is 254 Å². The van der Waals surface area contributed by atoms with E-state index in [-0.39, 0.29) is 25.9 Å². The minimum atomic E-state index is -4.76. The van der Waals surface area contributed by atoms with Crippen LogP contribution in [0.15, 0.2) is 72.9 Å². The Labute approximate surface area is 478 Å². The lowest BCUT2D eigenvalue weighted by Gasteiger charge is -2.21. The summed E-state index contributed by atoms with van der Waals surface area (Å²) in [6, 6.07) is 0. The highest BCUT2D eigenvalue weighted by atomic mass is 31.2. The molecule has 0 rings (SSSR count). The number of unbranched alkanes of at least 4 members (excludes halogenated alkanes) is 30. The van der Waals surface area contributed by atoms with Gasteiger partial charge in [0.1, 0.15) is 12.7 Å². The Kier molecular flexibility index (Phi) is 57.7. The molecule has 0 heterocycles. The van der Waals surface area contributed by atoms with E-state index >= 15 is 0 Å². The van der Waals surface area contributed by atoms with Crippen molar-refractivity contribution in [2.75, 3.05) is 26.4 Å². The molecule has 12 heteroatoms. The smallest absolute Gasteiger partial charge is 0.462 e. The average molecular weight is 1120 g/mol. The average Bonchev–Trinajstić information content (AvgIpc) is 3.43.